The van der Waals surface area contributed by atoms with E-state index < -0.39 is 17.4 Å². The maximum Gasteiger partial charge on any atom is 0.221 e. The van der Waals surface area contributed by atoms with E-state index in [1.165, 1.54) is 0 Å². The molecule has 1 aliphatic rings. The molecule has 0 radical (unpaired) electrons. The lowest BCUT2D eigenvalue weighted by atomic mass is 10.1. The third-order valence-corrected chi connectivity index (χ3v) is 2.65. The van der Waals surface area contributed by atoms with E-state index in [-0.39, 0.29) is 18.5 Å². The first kappa shape index (κ1) is 11.8. The second kappa shape index (κ2) is 4.67. The monoisotopic (exact) mass is 242 g/mol. The minimum absolute atomic E-state index is 0.0255. The van der Waals surface area contributed by atoms with E-state index in [1.807, 2.05) is 0 Å². The van der Waals surface area contributed by atoms with Crippen molar-refractivity contribution in [1.82, 2.24) is 10.6 Å². The summed E-state index contributed by atoms with van der Waals surface area (Å²) in [6, 6.07) is 2.10. The number of hydrogen-bond donors (Lipinski definition) is 3. The van der Waals surface area contributed by atoms with Crippen LogP contribution in [-0.2, 0) is 11.3 Å². The topological polar surface area (TPSA) is 61.4 Å². The highest BCUT2D eigenvalue weighted by atomic mass is 19.1. The highest BCUT2D eigenvalue weighted by molar-refractivity contribution is 5.78. The molecule has 1 aromatic rings. The minimum atomic E-state index is -0.984. The molecule has 3 N–H and O–H groups in total. The Morgan fingerprint density at radius 3 is 2.59 bits per heavy atom. The number of carbonyl (C=O) groups is 1. The molecule has 0 bridgehead atoms. The fraction of sp³-hybridized carbons (Fsp3) is 0.364. The summed E-state index contributed by atoms with van der Waals surface area (Å²) in [5.74, 6) is -2.97. The van der Waals surface area contributed by atoms with Crippen LogP contribution in [0.2, 0.25) is 0 Å². The minimum Gasteiger partial charge on any atom is -0.503 e. The Bertz CT molecular complexity index is 428. The molecule has 6 heteroatoms. The third kappa shape index (κ3) is 2.71. The van der Waals surface area contributed by atoms with E-state index in [1.54, 1.807) is 0 Å². The highest BCUT2D eigenvalue weighted by Gasteiger charge is 2.20. The molecule has 1 heterocycles. The Labute approximate surface area is 96.6 Å². The van der Waals surface area contributed by atoms with Crippen LogP contribution in [0.3, 0.4) is 0 Å². The van der Waals surface area contributed by atoms with Crippen molar-refractivity contribution >= 4 is 5.91 Å². The third-order valence-electron chi connectivity index (χ3n) is 2.65. The predicted octanol–water partition coefficient (Wildman–Crippen LogP) is 0.648. The van der Waals surface area contributed by atoms with Crippen LogP contribution in [-0.4, -0.2) is 23.6 Å². The van der Waals surface area contributed by atoms with Gasteiger partial charge in [0.1, 0.15) is 0 Å². The summed E-state index contributed by atoms with van der Waals surface area (Å²) < 4.78 is 26.0. The number of benzene rings is 1. The van der Waals surface area contributed by atoms with Gasteiger partial charge in [-0.3, -0.25) is 4.79 Å². The summed E-state index contributed by atoms with van der Waals surface area (Å²) >= 11 is 0. The van der Waals surface area contributed by atoms with Crippen LogP contribution in [0, 0.1) is 11.6 Å². The molecule has 0 aromatic heterocycles. The first-order valence-corrected chi connectivity index (χ1v) is 5.23. The molecule has 92 valence electrons. The highest BCUT2D eigenvalue weighted by Crippen LogP contribution is 2.21. The molecule has 0 spiro atoms. The molecule has 0 aliphatic carbocycles. The summed E-state index contributed by atoms with van der Waals surface area (Å²) in [6.07, 6.45) is 0.364. The number of hydrogen-bond acceptors (Lipinski definition) is 3. The Hall–Kier alpha value is -1.69. The van der Waals surface area contributed by atoms with Gasteiger partial charge < -0.3 is 15.7 Å². The van der Waals surface area contributed by atoms with Crippen molar-refractivity contribution in [3.8, 4) is 5.75 Å². The number of phenols is 1. The van der Waals surface area contributed by atoms with Gasteiger partial charge >= 0.3 is 0 Å². The summed E-state index contributed by atoms with van der Waals surface area (Å²) in [5, 5.41) is 14.6. The summed E-state index contributed by atoms with van der Waals surface area (Å²) in [4.78, 5) is 10.9. The smallest absolute Gasteiger partial charge is 0.221 e. The van der Waals surface area contributed by atoms with E-state index in [4.69, 9.17) is 5.11 Å². The van der Waals surface area contributed by atoms with E-state index in [0.717, 1.165) is 12.1 Å². The lowest BCUT2D eigenvalue weighted by Gasteiger charge is -2.10. The fourth-order valence-electron chi connectivity index (χ4n) is 1.73. The number of phenolic OH excluding ortho intramolecular Hbond substituents is 1. The average Bonchev–Trinajstić information content (AvgIpc) is 2.69. The summed E-state index contributed by atoms with van der Waals surface area (Å²) in [5.41, 5.74) is 0.386. The van der Waals surface area contributed by atoms with E-state index in [0.29, 0.717) is 18.5 Å². The number of carbonyl (C=O) groups excluding carboxylic acids is 1. The zero-order chi connectivity index (χ0) is 12.4. The van der Waals surface area contributed by atoms with Gasteiger partial charge in [-0.15, -0.1) is 0 Å². The quantitative estimate of drug-likeness (QED) is 0.729. The molecule has 1 fully saturated rings. The van der Waals surface area contributed by atoms with Crippen LogP contribution in [0.1, 0.15) is 12.0 Å². The van der Waals surface area contributed by atoms with Crippen molar-refractivity contribution in [2.45, 2.75) is 19.0 Å². The Morgan fingerprint density at radius 2 is 2.06 bits per heavy atom. The fourth-order valence-corrected chi connectivity index (χ4v) is 1.73. The van der Waals surface area contributed by atoms with Gasteiger partial charge in [-0.2, -0.15) is 0 Å². The van der Waals surface area contributed by atoms with Gasteiger partial charge in [0, 0.05) is 25.6 Å². The van der Waals surface area contributed by atoms with Crippen LogP contribution < -0.4 is 10.6 Å². The van der Waals surface area contributed by atoms with Gasteiger partial charge in [0.15, 0.2) is 17.4 Å². The van der Waals surface area contributed by atoms with Crippen molar-refractivity contribution < 1.29 is 18.7 Å². The standard InChI is InChI=1S/C11H12F2N2O2/c12-8-1-6(2-9(13)11(8)17)4-14-7-3-10(16)15-5-7/h1-2,7,14,17H,3-5H2,(H,15,16). The van der Waals surface area contributed by atoms with Crippen LogP contribution in [0.4, 0.5) is 8.78 Å². The zero-order valence-electron chi connectivity index (χ0n) is 8.96. The molecule has 0 saturated carbocycles. The molecule has 2 rings (SSSR count). The van der Waals surface area contributed by atoms with Gasteiger partial charge in [0.2, 0.25) is 5.91 Å². The van der Waals surface area contributed by atoms with Gasteiger partial charge in [-0.05, 0) is 17.7 Å². The van der Waals surface area contributed by atoms with Crippen molar-refractivity contribution in [2.24, 2.45) is 0 Å². The molecule has 1 aliphatic heterocycles. The van der Waals surface area contributed by atoms with Gasteiger partial charge in [-0.25, -0.2) is 8.78 Å². The molecule has 1 amide bonds. The van der Waals surface area contributed by atoms with E-state index >= 15 is 0 Å². The molecular formula is C11H12F2N2O2. The molecule has 1 saturated heterocycles. The molecule has 1 aromatic carbocycles. The summed E-state index contributed by atoms with van der Waals surface area (Å²) in [6.45, 7) is 0.760. The SMILES string of the molecule is O=C1CC(NCc2cc(F)c(O)c(F)c2)CN1. The maximum atomic E-state index is 13.0. The molecule has 1 atom stereocenters. The molecular weight excluding hydrogens is 230 g/mol. The van der Waals surface area contributed by atoms with Crippen molar-refractivity contribution in [2.75, 3.05) is 6.54 Å². The number of halogens is 2. The second-order valence-corrected chi connectivity index (χ2v) is 3.99. The first-order chi connectivity index (χ1) is 8.06. The Kier molecular flexibility index (Phi) is 3.23. The maximum absolute atomic E-state index is 13.0. The number of amides is 1. The van der Waals surface area contributed by atoms with Gasteiger partial charge in [0.25, 0.3) is 0 Å². The van der Waals surface area contributed by atoms with Crippen LogP contribution >= 0.6 is 0 Å². The average molecular weight is 242 g/mol. The molecule has 1 unspecified atom stereocenters. The van der Waals surface area contributed by atoms with Crippen molar-refractivity contribution in [3.63, 3.8) is 0 Å². The largest absolute Gasteiger partial charge is 0.503 e. The van der Waals surface area contributed by atoms with Crippen LogP contribution in [0.15, 0.2) is 12.1 Å². The Balaban J connectivity index is 1.97. The second-order valence-electron chi connectivity index (χ2n) is 3.99. The lowest BCUT2D eigenvalue weighted by Crippen LogP contribution is -2.30. The number of nitrogens with one attached hydrogen (secondary N) is 2. The van der Waals surface area contributed by atoms with Gasteiger partial charge in [0.05, 0.1) is 0 Å². The summed E-state index contributed by atoms with van der Waals surface area (Å²) in [7, 11) is 0. The lowest BCUT2D eigenvalue weighted by molar-refractivity contribution is -0.119. The van der Waals surface area contributed by atoms with Crippen LogP contribution in [0.25, 0.3) is 0 Å². The zero-order valence-corrected chi connectivity index (χ0v) is 8.96. The van der Waals surface area contributed by atoms with Crippen molar-refractivity contribution in [3.05, 3.63) is 29.3 Å². The number of rotatable bonds is 3. The van der Waals surface area contributed by atoms with E-state index in [9.17, 15) is 13.6 Å². The molecule has 17 heavy (non-hydrogen) atoms. The van der Waals surface area contributed by atoms with Crippen molar-refractivity contribution in [1.29, 1.82) is 0 Å². The van der Waals surface area contributed by atoms with Crippen LogP contribution in [0.5, 0.6) is 5.75 Å². The van der Waals surface area contributed by atoms with E-state index in [2.05, 4.69) is 10.6 Å². The predicted molar refractivity (Wildman–Crippen MR) is 56.3 cm³/mol. The van der Waals surface area contributed by atoms with Gasteiger partial charge in [-0.1, -0.05) is 0 Å². The first-order valence-electron chi connectivity index (χ1n) is 5.23. The normalized spacial score (nSPS) is 19.4. The molecule has 4 nitrogen and oxygen atoms in total. The Morgan fingerprint density at radius 1 is 1.41 bits per heavy atom. The number of aromatic hydroxyl groups is 1.